The van der Waals surface area contributed by atoms with Crippen LogP contribution in [0.2, 0.25) is 0 Å². The topological polar surface area (TPSA) is 101 Å². The zero-order chi connectivity index (χ0) is 16.4. The Kier molecular flexibility index (Phi) is 4.02. The van der Waals surface area contributed by atoms with E-state index >= 15 is 0 Å². The molecule has 116 valence electrons. The molecule has 2 aromatic heterocycles. The molecule has 23 heavy (non-hydrogen) atoms. The first kappa shape index (κ1) is 15.1. The predicted octanol–water partition coefficient (Wildman–Crippen LogP) is 1.27. The first-order chi connectivity index (χ1) is 11.1. The summed E-state index contributed by atoms with van der Waals surface area (Å²) in [6.07, 6.45) is 1.58. The van der Waals surface area contributed by atoms with E-state index in [9.17, 15) is 9.59 Å². The van der Waals surface area contributed by atoms with Crippen molar-refractivity contribution in [1.82, 2.24) is 30.4 Å². The van der Waals surface area contributed by atoms with Crippen molar-refractivity contribution in [3.8, 4) is 0 Å². The monoisotopic (exact) mass is 374 g/mol. The number of benzene rings is 1. The summed E-state index contributed by atoms with van der Waals surface area (Å²) in [7, 11) is 0. The van der Waals surface area contributed by atoms with Gasteiger partial charge in [0.1, 0.15) is 0 Å². The van der Waals surface area contributed by atoms with Crippen molar-refractivity contribution in [3.63, 3.8) is 0 Å². The van der Waals surface area contributed by atoms with Gasteiger partial charge in [0.15, 0.2) is 0 Å². The molecule has 0 saturated carbocycles. The second kappa shape index (κ2) is 6.13. The molecular formula is C14H11BrN6O2. The van der Waals surface area contributed by atoms with Crippen LogP contribution < -0.4 is 10.9 Å². The summed E-state index contributed by atoms with van der Waals surface area (Å²) in [6, 6.07) is 8.61. The zero-order valence-corrected chi connectivity index (χ0v) is 13.5. The van der Waals surface area contributed by atoms with Crippen molar-refractivity contribution in [2.45, 2.75) is 6.92 Å². The molecule has 0 aliphatic heterocycles. The maximum absolute atomic E-state index is 12.0. The van der Waals surface area contributed by atoms with Crippen LogP contribution >= 0.6 is 15.9 Å². The van der Waals surface area contributed by atoms with Crippen molar-refractivity contribution in [3.05, 3.63) is 58.1 Å². The summed E-state index contributed by atoms with van der Waals surface area (Å²) in [5.41, 5.74) is 5.79. The van der Waals surface area contributed by atoms with Gasteiger partial charge < -0.3 is 0 Å². The normalized spacial score (nSPS) is 10.5. The van der Waals surface area contributed by atoms with E-state index in [1.165, 1.54) is 4.52 Å². The summed E-state index contributed by atoms with van der Waals surface area (Å²) in [4.78, 5) is 32.1. The lowest BCUT2D eigenvalue weighted by molar-refractivity contribution is 0.0840. The minimum Gasteiger partial charge on any atom is -0.267 e. The lowest BCUT2D eigenvalue weighted by Gasteiger charge is -2.06. The average Bonchev–Trinajstić information content (AvgIpc) is 2.98. The van der Waals surface area contributed by atoms with Crippen molar-refractivity contribution >= 4 is 33.5 Å². The number of hydrogen-bond donors (Lipinski definition) is 2. The van der Waals surface area contributed by atoms with Gasteiger partial charge in [0.05, 0.1) is 5.56 Å². The van der Waals surface area contributed by atoms with Gasteiger partial charge in [0.2, 0.25) is 5.82 Å². The number of hydrazine groups is 1. The summed E-state index contributed by atoms with van der Waals surface area (Å²) >= 11 is 3.27. The van der Waals surface area contributed by atoms with Crippen LogP contribution in [0, 0.1) is 6.92 Å². The molecular weight excluding hydrogens is 364 g/mol. The van der Waals surface area contributed by atoms with E-state index in [1.807, 2.05) is 6.92 Å². The highest BCUT2D eigenvalue weighted by atomic mass is 79.9. The highest BCUT2D eigenvalue weighted by Gasteiger charge is 2.16. The Hall–Kier alpha value is -2.81. The number of nitrogens with one attached hydrogen (secondary N) is 2. The lowest BCUT2D eigenvalue weighted by Crippen LogP contribution is -2.42. The van der Waals surface area contributed by atoms with Gasteiger partial charge in [-0.15, -0.1) is 5.10 Å². The molecule has 0 bridgehead atoms. The molecule has 3 rings (SSSR count). The van der Waals surface area contributed by atoms with Gasteiger partial charge in [-0.05, 0) is 41.1 Å². The number of fused-ring (bicyclic) bond motifs is 1. The number of nitrogens with zero attached hydrogens (tertiary/aromatic N) is 4. The zero-order valence-electron chi connectivity index (χ0n) is 11.9. The fourth-order valence-corrected chi connectivity index (χ4v) is 2.35. The smallest absolute Gasteiger partial charge is 0.267 e. The molecule has 8 nitrogen and oxygen atoms in total. The first-order valence-electron chi connectivity index (χ1n) is 6.60. The molecule has 0 spiro atoms. The maximum atomic E-state index is 12.0. The minimum atomic E-state index is -0.629. The van der Waals surface area contributed by atoms with E-state index in [1.54, 1.807) is 36.5 Å². The Balaban J connectivity index is 1.73. The van der Waals surface area contributed by atoms with Crippen LogP contribution in [-0.2, 0) is 0 Å². The molecule has 3 aromatic rings. The second-order valence-corrected chi connectivity index (χ2v) is 5.48. The number of halogens is 1. The van der Waals surface area contributed by atoms with E-state index in [4.69, 9.17) is 0 Å². The van der Waals surface area contributed by atoms with E-state index in [0.29, 0.717) is 15.8 Å². The summed E-state index contributed by atoms with van der Waals surface area (Å²) in [5.74, 6) is -0.856. The molecule has 9 heteroatoms. The maximum Gasteiger partial charge on any atom is 0.309 e. The Labute approximate surface area is 139 Å². The molecule has 2 N–H and O–H groups in total. The molecule has 0 aliphatic carbocycles. The second-order valence-electron chi connectivity index (χ2n) is 4.62. The molecule has 0 atom stereocenters. The van der Waals surface area contributed by atoms with Crippen LogP contribution in [0.4, 0.5) is 0 Å². The predicted molar refractivity (Wildman–Crippen MR) is 84.6 cm³/mol. The van der Waals surface area contributed by atoms with E-state index in [-0.39, 0.29) is 5.82 Å². The largest absolute Gasteiger partial charge is 0.309 e. The molecule has 2 heterocycles. The van der Waals surface area contributed by atoms with E-state index < -0.39 is 11.8 Å². The Morgan fingerprint density at radius 2 is 1.87 bits per heavy atom. The van der Waals surface area contributed by atoms with Gasteiger partial charge in [-0.3, -0.25) is 20.4 Å². The van der Waals surface area contributed by atoms with Crippen LogP contribution in [0.15, 0.2) is 41.0 Å². The van der Waals surface area contributed by atoms with Crippen molar-refractivity contribution in [2.75, 3.05) is 0 Å². The molecule has 0 fully saturated rings. The standard InChI is InChI=1S/C14H11BrN6O2/c1-8-6-7-16-14-17-11(20-21(8)14)13(23)19-18-12(22)9-4-2-3-5-10(9)15/h2-7H,1H3,(H,18,22)(H,19,23). The van der Waals surface area contributed by atoms with Gasteiger partial charge >= 0.3 is 5.91 Å². The van der Waals surface area contributed by atoms with Crippen LogP contribution in [0.25, 0.3) is 5.78 Å². The molecule has 0 unspecified atom stereocenters. The number of amides is 2. The average molecular weight is 375 g/mol. The Morgan fingerprint density at radius 1 is 1.13 bits per heavy atom. The van der Waals surface area contributed by atoms with Crippen molar-refractivity contribution in [2.24, 2.45) is 0 Å². The van der Waals surface area contributed by atoms with Crippen molar-refractivity contribution < 1.29 is 9.59 Å². The molecule has 0 saturated heterocycles. The quantitative estimate of drug-likeness (QED) is 0.657. The highest BCUT2D eigenvalue weighted by Crippen LogP contribution is 2.15. The van der Waals surface area contributed by atoms with Gasteiger partial charge in [0, 0.05) is 16.4 Å². The van der Waals surface area contributed by atoms with Crippen LogP contribution in [0.1, 0.15) is 26.7 Å². The highest BCUT2D eigenvalue weighted by molar-refractivity contribution is 9.10. The van der Waals surface area contributed by atoms with Gasteiger partial charge in [0.25, 0.3) is 11.7 Å². The van der Waals surface area contributed by atoms with Crippen LogP contribution in [0.5, 0.6) is 0 Å². The minimum absolute atomic E-state index is 0.0840. The van der Waals surface area contributed by atoms with Gasteiger partial charge in [-0.1, -0.05) is 12.1 Å². The summed E-state index contributed by atoms with van der Waals surface area (Å²) < 4.78 is 2.07. The van der Waals surface area contributed by atoms with Gasteiger partial charge in [-0.25, -0.2) is 9.50 Å². The Morgan fingerprint density at radius 3 is 2.61 bits per heavy atom. The summed E-state index contributed by atoms with van der Waals surface area (Å²) in [6.45, 7) is 1.82. The third-order valence-electron chi connectivity index (χ3n) is 3.04. The van der Waals surface area contributed by atoms with Crippen LogP contribution in [-0.4, -0.2) is 31.4 Å². The third-order valence-corrected chi connectivity index (χ3v) is 3.73. The third kappa shape index (κ3) is 3.04. The number of carbonyl (C=O) groups is 2. The van der Waals surface area contributed by atoms with Crippen LogP contribution in [0.3, 0.4) is 0 Å². The Bertz CT molecular complexity index is 907. The van der Waals surface area contributed by atoms with Crippen molar-refractivity contribution in [1.29, 1.82) is 0 Å². The number of aryl methyl sites for hydroxylation is 1. The fourth-order valence-electron chi connectivity index (χ4n) is 1.88. The first-order valence-corrected chi connectivity index (χ1v) is 7.39. The number of carbonyl (C=O) groups excluding carboxylic acids is 2. The number of rotatable bonds is 2. The number of aromatic nitrogens is 4. The van der Waals surface area contributed by atoms with E-state index in [2.05, 4.69) is 41.8 Å². The van der Waals surface area contributed by atoms with Gasteiger partial charge in [-0.2, -0.15) is 4.98 Å². The fraction of sp³-hybridized carbons (Fsp3) is 0.0714. The molecule has 0 radical (unpaired) electrons. The molecule has 2 amide bonds. The SMILES string of the molecule is Cc1ccnc2nc(C(=O)NNC(=O)c3ccccc3Br)nn12. The van der Waals surface area contributed by atoms with E-state index in [0.717, 1.165) is 5.69 Å². The molecule has 0 aliphatic rings. The lowest BCUT2D eigenvalue weighted by atomic mass is 10.2. The number of hydrogen-bond acceptors (Lipinski definition) is 5. The molecule has 1 aromatic carbocycles. The summed E-state index contributed by atoms with van der Waals surface area (Å²) in [5, 5.41) is 4.05.